The van der Waals surface area contributed by atoms with Gasteiger partial charge in [0.2, 0.25) is 5.91 Å². The molecule has 1 unspecified atom stereocenters. The van der Waals surface area contributed by atoms with Gasteiger partial charge in [0, 0.05) is 6.54 Å². The summed E-state index contributed by atoms with van der Waals surface area (Å²) in [6.07, 6.45) is 6.21. The summed E-state index contributed by atoms with van der Waals surface area (Å²) < 4.78 is 0. The fourth-order valence-corrected chi connectivity index (χ4v) is 3.77. The van der Waals surface area contributed by atoms with E-state index in [4.69, 9.17) is 0 Å². The lowest BCUT2D eigenvalue weighted by Crippen LogP contribution is -2.50. The molecule has 1 aromatic rings. The molecule has 0 aliphatic carbocycles. The van der Waals surface area contributed by atoms with Crippen molar-refractivity contribution < 1.29 is 9.59 Å². The molecule has 0 bridgehead atoms. The number of amides is 2. The predicted molar refractivity (Wildman–Crippen MR) is 103 cm³/mol. The molecule has 0 saturated carbocycles. The first kappa shape index (κ1) is 19.9. The van der Waals surface area contributed by atoms with Crippen molar-refractivity contribution in [2.45, 2.75) is 52.0 Å². The van der Waals surface area contributed by atoms with E-state index >= 15 is 0 Å². The maximum absolute atomic E-state index is 12.5. The zero-order valence-corrected chi connectivity index (χ0v) is 16.2. The van der Waals surface area contributed by atoms with Crippen LogP contribution in [-0.4, -0.2) is 48.9 Å². The molecule has 1 fully saturated rings. The standard InChI is InChI=1S/C19H31N3O2S/c1-15(2)17(21-18(23)16-9-7-14-25-16)19(24)20-10-8-13-22-11-5-3-4-6-12-22/h7,9,14-15,17H,3-6,8,10-13H2,1-2H3,(H,20,24)(H,21,23). The Balaban J connectivity index is 1.73. The first-order chi connectivity index (χ1) is 12.1. The summed E-state index contributed by atoms with van der Waals surface area (Å²) in [4.78, 5) is 27.8. The van der Waals surface area contributed by atoms with Crippen molar-refractivity contribution in [3.8, 4) is 0 Å². The van der Waals surface area contributed by atoms with Gasteiger partial charge in [-0.05, 0) is 56.3 Å². The third-order valence-corrected chi connectivity index (χ3v) is 5.50. The number of carbonyl (C=O) groups excluding carboxylic acids is 2. The Morgan fingerprint density at radius 1 is 1.20 bits per heavy atom. The SMILES string of the molecule is CC(C)C(NC(=O)c1cccs1)C(=O)NCCCN1CCCCCC1. The molecule has 6 heteroatoms. The Morgan fingerprint density at radius 2 is 1.92 bits per heavy atom. The molecule has 140 valence electrons. The molecule has 25 heavy (non-hydrogen) atoms. The molecule has 1 aromatic heterocycles. The fourth-order valence-electron chi connectivity index (χ4n) is 3.14. The monoisotopic (exact) mass is 365 g/mol. The van der Waals surface area contributed by atoms with Crippen LogP contribution in [0.15, 0.2) is 17.5 Å². The van der Waals surface area contributed by atoms with Crippen LogP contribution in [0.5, 0.6) is 0 Å². The molecule has 5 nitrogen and oxygen atoms in total. The van der Waals surface area contributed by atoms with Crippen LogP contribution in [0.2, 0.25) is 0 Å². The summed E-state index contributed by atoms with van der Waals surface area (Å²) in [6.45, 7) is 7.97. The van der Waals surface area contributed by atoms with Gasteiger partial charge in [0.15, 0.2) is 0 Å². The zero-order chi connectivity index (χ0) is 18.1. The van der Waals surface area contributed by atoms with Crippen molar-refractivity contribution in [3.63, 3.8) is 0 Å². The zero-order valence-electron chi connectivity index (χ0n) is 15.4. The number of thiophene rings is 1. The average Bonchev–Trinajstić information content (AvgIpc) is 3.00. The first-order valence-electron chi connectivity index (χ1n) is 9.42. The number of hydrogen-bond donors (Lipinski definition) is 2. The van der Waals surface area contributed by atoms with Crippen molar-refractivity contribution in [3.05, 3.63) is 22.4 Å². The Hall–Kier alpha value is -1.40. The highest BCUT2D eigenvalue weighted by Crippen LogP contribution is 2.11. The highest BCUT2D eigenvalue weighted by molar-refractivity contribution is 7.12. The van der Waals surface area contributed by atoms with Gasteiger partial charge >= 0.3 is 0 Å². The Kier molecular flexibility index (Phi) is 8.41. The van der Waals surface area contributed by atoms with Crippen molar-refractivity contribution in [2.24, 2.45) is 5.92 Å². The van der Waals surface area contributed by atoms with Gasteiger partial charge in [-0.3, -0.25) is 9.59 Å². The maximum atomic E-state index is 12.5. The lowest BCUT2D eigenvalue weighted by atomic mass is 10.0. The summed E-state index contributed by atoms with van der Waals surface area (Å²) >= 11 is 1.39. The van der Waals surface area contributed by atoms with E-state index in [1.807, 2.05) is 25.3 Å². The van der Waals surface area contributed by atoms with Gasteiger partial charge < -0.3 is 15.5 Å². The van der Waals surface area contributed by atoms with Gasteiger partial charge in [0.05, 0.1) is 4.88 Å². The summed E-state index contributed by atoms with van der Waals surface area (Å²) in [5, 5.41) is 7.72. The molecule has 2 rings (SSSR count). The van der Waals surface area contributed by atoms with Crippen molar-refractivity contribution in [1.82, 2.24) is 15.5 Å². The topological polar surface area (TPSA) is 61.4 Å². The molecule has 2 N–H and O–H groups in total. The summed E-state index contributed by atoms with van der Waals surface area (Å²) in [5.41, 5.74) is 0. The second-order valence-electron chi connectivity index (χ2n) is 7.07. The Morgan fingerprint density at radius 3 is 2.52 bits per heavy atom. The van der Waals surface area contributed by atoms with E-state index in [-0.39, 0.29) is 17.7 Å². The normalized spacial score (nSPS) is 17.1. The first-order valence-corrected chi connectivity index (χ1v) is 10.3. The van der Waals surface area contributed by atoms with Crippen LogP contribution in [0.4, 0.5) is 0 Å². The Bertz CT molecular complexity index is 523. The molecule has 1 aliphatic rings. The maximum Gasteiger partial charge on any atom is 0.262 e. The van der Waals surface area contributed by atoms with Crippen LogP contribution in [0.1, 0.15) is 55.6 Å². The molecule has 1 aliphatic heterocycles. The van der Waals surface area contributed by atoms with E-state index < -0.39 is 6.04 Å². The number of nitrogens with one attached hydrogen (secondary N) is 2. The van der Waals surface area contributed by atoms with E-state index in [0.29, 0.717) is 11.4 Å². The van der Waals surface area contributed by atoms with Gasteiger partial charge in [0.1, 0.15) is 6.04 Å². The second kappa shape index (κ2) is 10.6. The lowest BCUT2D eigenvalue weighted by molar-refractivity contribution is -0.123. The second-order valence-corrected chi connectivity index (χ2v) is 8.02. The lowest BCUT2D eigenvalue weighted by Gasteiger charge is -2.22. The summed E-state index contributed by atoms with van der Waals surface area (Å²) in [7, 11) is 0. The van der Waals surface area contributed by atoms with Gasteiger partial charge in [-0.1, -0.05) is 32.8 Å². The molecule has 1 saturated heterocycles. The van der Waals surface area contributed by atoms with Gasteiger partial charge in [-0.15, -0.1) is 11.3 Å². The van der Waals surface area contributed by atoms with E-state index in [1.165, 1.54) is 50.1 Å². The minimum atomic E-state index is -0.493. The van der Waals surface area contributed by atoms with Crippen molar-refractivity contribution in [2.75, 3.05) is 26.2 Å². The van der Waals surface area contributed by atoms with Crippen LogP contribution in [0.25, 0.3) is 0 Å². The van der Waals surface area contributed by atoms with Crippen LogP contribution in [0.3, 0.4) is 0 Å². The van der Waals surface area contributed by atoms with Crippen molar-refractivity contribution >= 4 is 23.2 Å². The van der Waals surface area contributed by atoms with Crippen molar-refractivity contribution in [1.29, 1.82) is 0 Å². The molecule has 0 aromatic carbocycles. The van der Waals surface area contributed by atoms with E-state index in [2.05, 4.69) is 15.5 Å². The quantitative estimate of drug-likeness (QED) is 0.697. The van der Waals surface area contributed by atoms with Crippen LogP contribution < -0.4 is 10.6 Å². The third kappa shape index (κ3) is 6.78. The smallest absolute Gasteiger partial charge is 0.262 e. The number of rotatable bonds is 8. The van der Waals surface area contributed by atoms with Gasteiger partial charge in [-0.2, -0.15) is 0 Å². The number of hydrogen-bond acceptors (Lipinski definition) is 4. The predicted octanol–water partition coefficient (Wildman–Crippen LogP) is 2.88. The average molecular weight is 366 g/mol. The van der Waals surface area contributed by atoms with E-state index in [9.17, 15) is 9.59 Å². The highest BCUT2D eigenvalue weighted by Gasteiger charge is 2.24. The Labute approximate surface area is 155 Å². The third-order valence-electron chi connectivity index (χ3n) is 4.63. The number of likely N-dealkylation sites (tertiary alicyclic amines) is 1. The number of nitrogens with zero attached hydrogens (tertiary/aromatic N) is 1. The molecule has 0 spiro atoms. The highest BCUT2D eigenvalue weighted by atomic mass is 32.1. The molecular weight excluding hydrogens is 334 g/mol. The van der Waals surface area contributed by atoms with Gasteiger partial charge in [0.25, 0.3) is 5.91 Å². The van der Waals surface area contributed by atoms with E-state index in [0.717, 1.165) is 13.0 Å². The summed E-state index contributed by atoms with van der Waals surface area (Å²) in [6, 6.07) is 3.12. The molecule has 2 amide bonds. The number of carbonyl (C=O) groups is 2. The minimum absolute atomic E-state index is 0.0505. The fraction of sp³-hybridized carbons (Fsp3) is 0.684. The largest absolute Gasteiger partial charge is 0.354 e. The van der Waals surface area contributed by atoms with Gasteiger partial charge in [-0.25, -0.2) is 0 Å². The molecule has 2 heterocycles. The van der Waals surface area contributed by atoms with E-state index in [1.54, 1.807) is 6.07 Å². The minimum Gasteiger partial charge on any atom is -0.354 e. The molecule has 0 radical (unpaired) electrons. The van der Waals surface area contributed by atoms with Crippen LogP contribution in [0, 0.1) is 5.92 Å². The molecule has 1 atom stereocenters. The summed E-state index contributed by atoms with van der Waals surface area (Å²) in [5.74, 6) is -0.210. The van der Waals surface area contributed by atoms with Crippen LogP contribution in [-0.2, 0) is 4.79 Å². The van der Waals surface area contributed by atoms with Crippen LogP contribution >= 0.6 is 11.3 Å². The molecular formula is C19H31N3O2S.